The summed E-state index contributed by atoms with van der Waals surface area (Å²) in [7, 11) is 0. The van der Waals surface area contributed by atoms with Crippen LogP contribution in [0.2, 0.25) is 0 Å². The second-order valence-corrected chi connectivity index (χ2v) is 15.7. The molecule has 10 aromatic rings. The van der Waals surface area contributed by atoms with Crippen molar-refractivity contribution in [1.82, 2.24) is 4.68 Å². The monoisotopic (exact) mass is 760 g/mol. The number of aromatic nitrogens is 1. The van der Waals surface area contributed by atoms with Gasteiger partial charge in [0.1, 0.15) is 0 Å². The number of fused-ring (bicyclic) bond motifs is 7. The molecule has 58 heavy (non-hydrogen) atoms. The van der Waals surface area contributed by atoms with E-state index in [-0.39, 0.29) is 0 Å². The molecule has 4 nitrogen and oxygen atoms in total. The van der Waals surface area contributed by atoms with E-state index in [9.17, 15) is 5.41 Å². The molecule has 0 atom stereocenters. The number of nitrogens with zero attached hydrogens (tertiary/aromatic N) is 2. The van der Waals surface area contributed by atoms with Gasteiger partial charge in [0, 0.05) is 37.4 Å². The third kappa shape index (κ3) is 5.75. The van der Waals surface area contributed by atoms with Gasteiger partial charge in [-0.1, -0.05) is 157 Å². The van der Waals surface area contributed by atoms with Crippen LogP contribution in [0.1, 0.15) is 11.1 Å². The molecule has 0 spiro atoms. The third-order valence-electron chi connectivity index (χ3n) is 11.2. The maximum Gasteiger partial charge on any atom is 0.0716 e. The van der Waals surface area contributed by atoms with Crippen LogP contribution in [0.4, 0.5) is 22.7 Å². The van der Waals surface area contributed by atoms with Crippen molar-refractivity contribution in [2.45, 2.75) is 9.79 Å². The van der Waals surface area contributed by atoms with Gasteiger partial charge in [-0.25, -0.2) is 0 Å². The van der Waals surface area contributed by atoms with Crippen molar-refractivity contribution in [3.05, 3.63) is 217 Å². The molecule has 9 aromatic carbocycles. The number of para-hydroxylation sites is 3. The Morgan fingerprint density at radius 3 is 2.05 bits per heavy atom. The van der Waals surface area contributed by atoms with Crippen LogP contribution in [0.25, 0.3) is 54.8 Å². The van der Waals surface area contributed by atoms with Crippen LogP contribution < -0.4 is 10.3 Å². The summed E-state index contributed by atoms with van der Waals surface area (Å²) in [6.45, 7) is 0. The smallest absolute Gasteiger partial charge is 0.0716 e. The Kier molecular flexibility index (Phi) is 8.19. The fourth-order valence-corrected chi connectivity index (χ4v) is 9.47. The molecule has 0 saturated carbocycles. The number of nitrogens with one attached hydrogen (secondary N) is 2. The standard InChI is InChI=1S/C53H36N4S/c54-53(40-18-13-17-37(32-40)35-14-3-1-4-15-35)43-22-9-10-23-45(43)55-57-47-30-27-36-16-7-8-21-42(36)52(47)44-29-26-38(33-48(44)57)39-28-31-51-49(34-39)56(41-19-5-2-6-20-41)46-24-11-12-25-50(46)58-51/h1-34,54-55H. The highest BCUT2D eigenvalue weighted by molar-refractivity contribution is 7.99. The van der Waals surface area contributed by atoms with E-state index < -0.39 is 0 Å². The minimum absolute atomic E-state index is 0.462. The van der Waals surface area contributed by atoms with Crippen LogP contribution in [0.15, 0.2) is 216 Å². The maximum absolute atomic E-state index is 9.53. The predicted molar refractivity (Wildman–Crippen MR) is 244 cm³/mol. The molecule has 0 fully saturated rings. The minimum atomic E-state index is 0.462. The van der Waals surface area contributed by atoms with Crippen molar-refractivity contribution < 1.29 is 0 Å². The van der Waals surface area contributed by atoms with Crippen LogP contribution in [0, 0.1) is 5.41 Å². The van der Waals surface area contributed by atoms with E-state index in [1.165, 1.54) is 42.7 Å². The molecule has 0 amide bonds. The van der Waals surface area contributed by atoms with Gasteiger partial charge >= 0.3 is 0 Å². The van der Waals surface area contributed by atoms with Crippen LogP contribution in [0.5, 0.6) is 0 Å². The SMILES string of the molecule is N=C(c1cccc(-c2ccccc2)c1)c1ccccc1Nn1c2cc(-c3ccc4c(c3)N(c3ccccc3)c3ccccc3S4)ccc2c2c3ccccc3ccc21. The Morgan fingerprint density at radius 1 is 0.466 bits per heavy atom. The summed E-state index contributed by atoms with van der Waals surface area (Å²) >= 11 is 1.82. The first-order valence-electron chi connectivity index (χ1n) is 19.5. The molecule has 0 aliphatic carbocycles. The van der Waals surface area contributed by atoms with Gasteiger partial charge < -0.3 is 4.90 Å². The summed E-state index contributed by atoms with van der Waals surface area (Å²) in [5.41, 5.74) is 17.0. The molecule has 0 unspecified atom stereocenters. The highest BCUT2D eigenvalue weighted by Gasteiger charge is 2.25. The Bertz CT molecular complexity index is 3200. The fourth-order valence-electron chi connectivity index (χ4n) is 8.44. The molecular formula is C53H36N4S. The average molecular weight is 761 g/mol. The van der Waals surface area contributed by atoms with E-state index in [1.807, 2.05) is 48.2 Å². The maximum atomic E-state index is 9.53. The molecule has 1 aliphatic rings. The quantitative estimate of drug-likeness (QED) is 0.159. The summed E-state index contributed by atoms with van der Waals surface area (Å²) in [6, 6.07) is 72.8. The Hall–Kier alpha value is -7.34. The zero-order chi connectivity index (χ0) is 38.6. The lowest BCUT2D eigenvalue weighted by atomic mass is 9.97. The normalized spacial score (nSPS) is 12.1. The predicted octanol–water partition coefficient (Wildman–Crippen LogP) is 14.5. The van der Waals surface area contributed by atoms with Crippen molar-refractivity contribution in [1.29, 1.82) is 5.41 Å². The lowest BCUT2D eigenvalue weighted by molar-refractivity contribution is 1.06. The molecule has 1 aromatic heterocycles. The van der Waals surface area contributed by atoms with Crippen molar-refractivity contribution >= 4 is 72.8 Å². The number of anilines is 4. The first-order chi connectivity index (χ1) is 28.7. The highest BCUT2D eigenvalue weighted by atomic mass is 32.2. The number of benzene rings is 9. The Balaban J connectivity index is 1.05. The van der Waals surface area contributed by atoms with Gasteiger partial charge in [-0.05, 0) is 93.7 Å². The van der Waals surface area contributed by atoms with Gasteiger partial charge in [0.05, 0.1) is 33.8 Å². The van der Waals surface area contributed by atoms with E-state index in [2.05, 4.69) is 185 Å². The van der Waals surface area contributed by atoms with Gasteiger partial charge in [0.25, 0.3) is 0 Å². The molecular weight excluding hydrogens is 725 g/mol. The van der Waals surface area contributed by atoms with E-state index in [0.29, 0.717) is 5.71 Å². The van der Waals surface area contributed by atoms with Gasteiger partial charge in [-0.3, -0.25) is 15.5 Å². The summed E-state index contributed by atoms with van der Waals surface area (Å²) in [5.74, 6) is 0. The average Bonchev–Trinajstić information content (AvgIpc) is 3.61. The van der Waals surface area contributed by atoms with Gasteiger partial charge in [-0.2, -0.15) is 0 Å². The summed E-state index contributed by atoms with van der Waals surface area (Å²) in [4.78, 5) is 4.85. The zero-order valence-electron chi connectivity index (χ0n) is 31.4. The van der Waals surface area contributed by atoms with Crippen molar-refractivity contribution in [2.24, 2.45) is 0 Å². The molecule has 2 heterocycles. The van der Waals surface area contributed by atoms with Crippen LogP contribution in [0.3, 0.4) is 0 Å². The van der Waals surface area contributed by atoms with Crippen LogP contribution >= 0.6 is 11.8 Å². The molecule has 0 bridgehead atoms. The second-order valence-electron chi connectivity index (χ2n) is 14.7. The van der Waals surface area contributed by atoms with Crippen molar-refractivity contribution in [2.75, 3.05) is 10.3 Å². The zero-order valence-corrected chi connectivity index (χ0v) is 32.2. The van der Waals surface area contributed by atoms with E-state index in [1.54, 1.807) is 0 Å². The number of hydrogen-bond donors (Lipinski definition) is 2. The van der Waals surface area contributed by atoms with Crippen molar-refractivity contribution in [3.8, 4) is 22.3 Å². The Morgan fingerprint density at radius 2 is 1.16 bits per heavy atom. The summed E-state index contributed by atoms with van der Waals surface area (Å²) in [5, 5.41) is 14.3. The largest absolute Gasteiger partial charge is 0.308 e. The lowest BCUT2D eigenvalue weighted by Gasteiger charge is -2.33. The fraction of sp³-hybridized carbons (Fsp3) is 0. The van der Waals surface area contributed by atoms with E-state index >= 15 is 0 Å². The van der Waals surface area contributed by atoms with Gasteiger partial charge in [0.2, 0.25) is 0 Å². The van der Waals surface area contributed by atoms with Crippen molar-refractivity contribution in [3.63, 3.8) is 0 Å². The summed E-state index contributed by atoms with van der Waals surface area (Å²) in [6.07, 6.45) is 0. The molecule has 274 valence electrons. The molecule has 2 N–H and O–H groups in total. The highest BCUT2D eigenvalue weighted by Crippen LogP contribution is 2.52. The Labute approximate surface area is 341 Å². The molecule has 11 rings (SSSR count). The first kappa shape index (κ1) is 34.0. The van der Waals surface area contributed by atoms with Gasteiger partial charge in [-0.15, -0.1) is 0 Å². The first-order valence-corrected chi connectivity index (χ1v) is 20.3. The van der Waals surface area contributed by atoms with Crippen LogP contribution in [-0.2, 0) is 0 Å². The second kappa shape index (κ2) is 14.0. The number of rotatable bonds is 7. The van der Waals surface area contributed by atoms with E-state index in [0.717, 1.165) is 55.8 Å². The number of hydrogen-bond acceptors (Lipinski definition) is 4. The topological polar surface area (TPSA) is 44.1 Å². The van der Waals surface area contributed by atoms with Gasteiger partial charge in [0.15, 0.2) is 0 Å². The molecule has 0 radical (unpaired) electrons. The van der Waals surface area contributed by atoms with E-state index in [4.69, 9.17) is 0 Å². The molecule has 5 heteroatoms. The van der Waals surface area contributed by atoms with Crippen LogP contribution in [-0.4, -0.2) is 10.4 Å². The third-order valence-corrected chi connectivity index (χ3v) is 12.3. The molecule has 1 aliphatic heterocycles. The summed E-state index contributed by atoms with van der Waals surface area (Å²) < 4.78 is 2.22. The lowest BCUT2D eigenvalue weighted by Crippen LogP contribution is -2.14. The minimum Gasteiger partial charge on any atom is -0.308 e. The molecule has 0 saturated heterocycles.